The van der Waals surface area contributed by atoms with Crippen LogP contribution in [-0.4, -0.2) is 22.0 Å². The van der Waals surface area contributed by atoms with Crippen LogP contribution in [0.15, 0.2) is 72.8 Å². The number of benzene rings is 3. The van der Waals surface area contributed by atoms with Crippen molar-refractivity contribution in [3.8, 4) is 11.5 Å². The second-order valence-corrected chi connectivity index (χ2v) is 6.80. The average Bonchev–Trinajstić information content (AvgIpc) is 2.78. The van der Waals surface area contributed by atoms with Gasteiger partial charge in [0.2, 0.25) is 0 Å². The molecule has 162 valence electrons. The first kappa shape index (κ1) is 22.4. The number of hydrogen-bond acceptors (Lipinski definition) is 8. The van der Waals surface area contributed by atoms with Gasteiger partial charge in [-0.2, -0.15) is 0 Å². The maximum atomic E-state index is 12.6. The van der Waals surface area contributed by atoms with Crippen molar-refractivity contribution in [2.45, 2.75) is 6.61 Å². The molecule has 0 heterocycles. The first-order valence-corrected chi connectivity index (χ1v) is 9.54. The van der Waals surface area contributed by atoms with Crippen LogP contribution in [0.2, 0.25) is 0 Å². The summed E-state index contributed by atoms with van der Waals surface area (Å²) in [4.78, 5) is 39.9. The van der Waals surface area contributed by atoms with Gasteiger partial charge in [0, 0.05) is 5.56 Å². The topological polar surface area (TPSA) is 131 Å². The van der Waals surface area contributed by atoms with Gasteiger partial charge in [-0.15, -0.1) is 10.1 Å². The number of nitrogens with two attached hydrogens (primary N) is 1. The van der Waals surface area contributed by atoms with E-state index in [1.165, 1.54) is 36.4 Å². The summed E-state index contributed by atoms with van der Waals surface area (Å²) in [5.41, 5.74) is 6.92. The fourth-order valence-electron chi connectivity index (χ4n) is 2.60. The molecule has 0 aliphatic heterocycles. The van der Waals surface area contributed by atoms with Crippen molar-refractivity contribution >= 4 is 29.1 Å². The molecule has 0 saturated carbocycles. The molecule has 0 fully saturated rings. The van der Waals surface area contributed by atoms with E-state index in [1.807, 2.05) is 0 Å². The molecule has 0 bridgehead atoms. The maximum Gasteiger partial charge on any atom is 0.347 e. The maximum absolute atomic E-state index is 12.6. The van der Waals surface area contributed by atoms with E-state index in [0.29, 0.717) is 11.1 Å². The van der Waals surface area contributed by atoms with Gasteiger partial charge >= 0.3 is 11.9 Å². The van der Waals surface area contributed by atoms with Crippen LogP contribution in [0.4, 0.5) is 0 Å². The molecule has 10 heteroatoms. The van der Waals surface area contributed by atoms with E-state index in [-0.39, 0.29) is 34.2 Å². The van der Waals surface area contributed by atoms with Crippen LogP contribution in [0.3, 0.4) is 0 Å². The number of rotatable bonds is 8. The average molecular weight is 452 g/mol. The van der Waals surface area contributed by atoms with Gasteiger partial charge in [-0.25, -0.2) is 9.59 Å². The fraction of sp³-hybridized carbons (Fsp3) is 0.0455. The zero-order valence-electron chi connectivity index (χ0n) is 16.4. The molecule has 0 radical (unpaired) electrons. The second kappa shape index (κ2) is 10.1. The third-order valence-corrected chi connectivity index (χ3v) is 4.42. The molecule has 32 heavy (non-hydrogen) atoms. The lowest BCUT2D eigenvalue weighted by Gasteiger charge is -2.10. The van der Waals surface area contributed by atoms with Crippen LogP contribution < -0.4 is 15.2 Å². The summed E-state index contributed by atoms with van der Waals surface area (Å²) in [6.45, 7) is -0.241. The Morgan fingerprint density at radius 3 is 2.12 bits per heavy atom. The summed E-state index contributed by atoms with van der Waals surface area (Å²) in [7, 11) is 0. The van der Waals surface area contributed by atoms with E-state index >= 15 is 0 Å². The Labute approximate surface area is 187 Å². The number of nitrogens with zero attached hydrogens (tertiary/aromatic N) is 1. The van der Waals surface area contributed by atoms with E-state index in [4.69, 9.17) is 27.4 Å². The third kappa shape index (κ3) is 5.86. The molecule has 9 nitrogen and oxygen atoms in total. The van der Waals surface area contributed by atoms with Gasteiger partial charge in [-0.05, 0) is 54.1 Å². The molecule has 2 N–H and O–H groups in total. The summed E-state index contributed by atoms with van der Waals surface area (Å²) in [5.74, 6) is -1.15. The van der Waals surface area contributed by atoms with Gasteiger partial charge in [0.15, 0.2) is 0 Å². The van der Waals surface area contributed by atoms with Crippen molar-refractivity contribution < 1.29 is 29.0 Å². The minimum absolute atomic E-state index is 0.0167. The molecule has 0 spiro atoms. The standard InChI is InChI=1S/C22H16N2O7S/c23-20(32)15-9-11-17(12-10-15)30-22(26)18-3-1-2-4-19(18)31-21(25)16-7-5-14(6-8-16)13-29-24(27)28/h1-12H,13H2,(H2,23,32). The first-order chi connectivity index (χ1) is 15.3. The number of carbonyl (C=O) groups excluding carboxylic acids is 2. The molecule has 0 amide bonds. The summed E-state index contributed by atoms with van der Waals surface area (Å²) in [6, 6.07) is 18.3. The summed E-state index contributed by atoms with van der Waals surface area (Å²) in [6.07, 6.45) is 0. The van der Waals surface area contributed by atoms with Crippen molar-refractivity contribution in [1.29, 1.82) is 0 Å². The molecule has 0 aromatic heterocycles. The van der Waals surface area contributed by atoms with Crippen LogP contribution >= 0.6 is 12.2 Å². The van der Waals surface area contributed by atoms with E-state index in [1.54, 1.807) is 36.4 Å². The first-order valence-electron chi connectivity index (χ1n) is 9.13. The number of carbonyl (C=O) groups is 2. The quantitative estimate of drug-likeness (QED) is 0.179. The van der Waals surface area contributed by atoms with Crippen molar-refractivity contribution in [2.75, 3.05) is 0 Å². The molecule has 0 aliphatic carbocycles. The van der Waals surface area contributed by atoms with E-state index in [0.717, 1.165) is 0 Å². The molecule has 3 aromatic carbocycles. The molecule has 0 aliphatic rings. The second-order valence-electron chi connectivity index (χ2n) is 6.36. The van der Waals surface area contributed by atoms with Gasteiger partial charge in [-0.3, -0.25) is 0 Å². The lowest BCUT2D eigenvalue weighted by atomic mass is 10.1. The molecule has 0 atom stereocenters. The zero-order chi connectivity index (χ0) is 23.1. The highest BCUT2D eigenvalue weighted by molar-refractivity contribution is 7.80. The highest BCUT2D eigenvalue weighted by Gasteiger charge is 2.18. The summed E-state index contributed by atoms with van der Waals surface area (Å²) in [5, 5.41) is 9.35. The van der Waals surface area contributed by atoms with Crippen LogP contribution in [0, 0.1) is 10.1 Å². The zero-order valence-corrected chi connectivity index (χ0v) is 17.2. The van der Waals surface area contributed by atoms with Crippen LogP contribution in [0.1, 0.15) is 31.8 Å². The molecule has 3 aromatic rings. The Kier molecular flexibility index (Phi) is 7.09. The van der Waals surface area contributed by atoms with E-state index < -0.39 is 17.0 Å². The van der Waals surface area contributed by atoms with Crippen molar-refractivity contribution in [3.63, 3.8) is 0 Å². The molecular weight excluding hydrogens is 436 g/mol. The molecular formula is C22H16N2O7S. The van der Waals surface area contributed by atoms with E-state index in [2.05, 4.69) is 4.84 Å². The van der Waals surface area contributed by atoms with Gasteiger partial charge in [0.05, 0.1) is 5.56 Å². The van der Waals surface area contributed by atoms with Crippen molar-refractivity contribution in [1.82, 2.24) is 0 Å². The molecule has 0 saturated heterocycles. The number of para-hydroxylation sites is 1. The van der Waals surface area contributed by atoms with Gasteiger partial charge in [-0.1, -0.05) is 36.5 Å². The lowest BCUT2D eigenvalue weighted by molar-refractivity contribution is -0.763. The number of thiocarbonyl (C=S) groups is 1. The SMILES string of the molecule is NC(=S)c1ccc(OC(=O)c2ccccc2OC(=O)c2ccc(CO[N+](=O)[O-])cc2)cc1. The largest absolute Gasteiger partial charge is 0.423 e. The van der Waals surface area contributed by atoms with Gasteiger partial charge in [0.1, 0.15) is 28.7 Å². The number of hydrogen-bond donors (Lipinski definition) is 1. The minimum atomic E-state index is -0.903. The smallest absolute Gasteiger partial charge is 0.347 e. The van der Waals surface area contributed by atoms with Crippen molar-refractivity contribution in [2.24, 2.45) is 5.73 Å². The Bertz CT molecular complexity index is 1160. The third-order valence-electron chi connectivity index (χ3n) is 4.19. The monoisotopic (exact) mass is 452 g/mol. The van der Waals surface area contributed by atoms with Crippen molar-refractivity contribution in [3.05, 3.63) is 105 Å². The van der Waals surface area contributed by atoms with Crippen LogP contribution in [0.5, 0.6) is 11.5 Å². The molecule has 0 unspecified atom stereocenters. The fourth-order valence-corrected chi connectivity index (χ4v) is 2.73. The summed E-state index contributed by atoms with van der Waals surface area (Å²) >= 11 is 4.89. The lowest BCUT2D eigenvalue weighted by Crippen LogP contribution is -2.15. The Hall–Kier alpha value is -4.31. The van der Waals surface area contributed by atoms with Crippen LogP contribution in [-0.2, 0) is 11.4 Å². The number of esters is 2. The van der Waals surface area contributed by atoms with E-state index in [9.17, 15) is 19.7 Å². The Morgan fingerprint density at radius 1 is 0.875 bits per heavy atom. The van der Waals surface area contributed by atoms with Gasteiger partial charge in [0.25, 0.3) is 5.09 Å². The minimum Gasteiger partial charge on any atom is -0.423 e. The predicted molar refractivity (Wildman–Crippen MR) is 117 cm³/mol. The Morgan fingerprint density at radius 2 is 1.50 bits per heavy atom. The van der Waals surface area contributed by atoms with Gasteiger partial charge < -0.3 is 20.0 Å². The highest BCUT2D eigenvalue weighted by atomic mass is 32.1. The summed E-state index contributed by atoms with van der Waals surface area (Å²) < 4.78 is 10.7. The normalized spacial score (nSPS) is 10.1. The molecule has 3 rings (SSSR count). The number of ether oxygens (including phenoxy) is 2. The predicted octanol–water partition coefficient (Wildman–Crippen LogP) is 3.47. The Balaban J connectivity index is 1.70. The highest BCUT2D eigenvalue weighted by Crippen LogP contribution is 2.22. The van der Waals surface area contributed by atoms with Crippen LogP contribution in [0.25, 0.3) is 0 Å².